The van der Waals surface area contributed by atoms with Gasteiger partial charge in [0.25, 0.3) is 0 Å². The van der Waals surface area contributed by atoms with Crippen molar-refractivity contribution in [1.29, 1.82) is 0 Å². The average Bonchev–Trinajstić information content (AvgIpc) is 2.85. The van der Waals surface area contributed by atoms with Crippen molar-refractivity contribution in [3.8, 4) is 16.2 Å². The molecule has 0 spiro atoms. The van der Waals surface area contributed by atoms with Crippen molar-refractivity contribution in [3.63, 3.8) is 0 Å². The van der Waals surface area contributed by atoms with Gasteiger partial charge in [-0.3, -0.25) is 0 Å². The Bertz CT molecular complexity index is 744. The molecule has 0 N–H and O–H groups in total. The molecule has 0 amide bonds. The van der Waals surface area contributed by atoms with E-state index in [-0.39, 0.29) is 5.82 Å². The molecule has 0 unspecified atom stereocenters. The third-order valence-corrected chi connectivity index (χ3v) is 4.72. The monoisotopic (exact) mass is 286 g/mol. The Kier molecular flexibility index (Phi) is 3.45. The number of hydrogen-bond acceptors (Lipinski definition) is 2. The quantitative estimate of drug-likeness (QED) is 0.636. The van der Waals surface area contributed by atoms with Crippen LogP contribution in [0.25, 0.3) is 20.5 Å². The number of aryl methyl sites for hydroxylation is 1. The van der Waals surface area contributed by atoms with E-state index in [1.807, 2.05) is 18.2 Å². The van der Waals surface area contributed by atoms with E-state index >= 15 is 0 Å². The Morgan fingerprint density at radius 1 is 1.10 bits per heavy atom. The zero-order chi connectivity index (χ0) is 14.1. The maximum atomic E-state index is 13.1. The molecule has 0 aliphatic carbocycles. The highest BCUT2D eigenvalue weighted by atomic mass is 32.1. The molecule has 3 heteroatoms. The summed E-state index contributed by atoms with van der Waals surface area (Å²) in [4.78, 5) is 1.22. The molecule has 2 aromatic carbocycles. The fourth-order valence-electron chi connectivity index (χ4n) is 2.44. The van der Waals surface area contributed by atoms with Crippen LogP contribution in [-0.2, 0) is 6.42 Å². The second-order valence-corrected chi connectivity index (χ2v) is 5.68. The molecular weight excluding hydrogens is 271 g/mol. The minimum atomic E-state index is -0.199. The van der Waals surface area contributed by atoms with Crippen molar-refractivity contribution in [1.82, 2.24) is 0 Å². The molecule has 1 nitrogen and oxygen atoms in total. The van der Waals surface area contributed by atoms with E-state index in [1.54, 1.807) is 18.4 Å². The van der Waals surface area contributed by atoms with Crippen LogP contribution in [0.15, 0.2) is 42.5 Å². The molecule has 0 aliphatic heterocycles. The summed E-state index contributed by atoms with van der Waals surface area (Å²) < 4.78 is 19.6. The van der Waals surface area contributed by atoms with Crippen LogP contribution < -0.4 is 4.74 Å². The van der Waals surface area contributed by atoms with Gasteiger partial charge in [-0.15, -0.1) is 11.3 Å². The lowest BCUT2D eigenvalue weighted by molar-refractivity contribution is 0.415. The number of thiophene rings is 1. The normalized spacial score (nSPS) is 10.9. The lowest BCUT2D eigenvalue weighted by Crippen LogP contribution is -1.84. The van der Waals surface area contributed by atoms with Crippen LogP contribution in [0.2, 0.25) is 0 Å². The molecule has 102 valence electrons. The van der Waals surface area contributed by atoms with Crippen LogP contribution in [0, 0.1) is 5.82 Å². The maximum absolute atomic E-state index is 13.1. The van der Waals surface area contributed by atoms with Crippen molar-refractivity contribution in [2.45, 2.75) is 13.3 Å². The second-order valence-electron chi connectivity index (χ2n) is 4.63. The SMILES string of the molecule is CCc1c(-c2ccc(F)cc2)sc2ccc(OC)cc12. The predicted octanol–water partition coefficient (Wildman–Crippen LogP) is 5.28. The first kappa shape index (κ1) is 13.1. The lowest BCUT2D eigenvalue weighted by atomic mass is 10.0. The van der Waals surface area contributed by atoms with Gasteiger partial charge in [0.2, 0.25) is 0 Å². The summed E-state index contributed by atoms with van der Waals surface area (Å²) in [6.07, 6.45) is 0.944. The molecule has 0 atom stereocenters. The molecule has 1 heterocycles. The van der Waals surface area contributed by atoms with Gasteiger partial charge in [-0.05, 0) is 53.3 Å². The van der Waals surface area contributed by atoms with E-state index in [1.165, 1.54) is 32.7 Å². The van der Waals surface area contributed by atoms with E-state index in [0.29, 0.717) is 0 Å². The number of methoxy groups -OCH3 is 1. The molecule has 0 saturated heterocycles. The van der Waals surface area contributed by atoms with Gasteiger partial charge in [0.15, 0.2) is 0 Å². The van der Waals surface area contributed by atoms with E-state index in [9.17, 15) is 4.39 Å². The number of fused-ring (bicyclic) bond motifs is 1. The summed E-state index contributed by atoms with van der Waals surface area (Å²) >= 11 is 1.75. The highest BCUT2D eigenvalue weighted by Crippen LogP contribution is 2.40. The van der Waals surface area contributed by atoms with Crippen LogP contribution in [0.1, 0.15) is 12.5 Å². The largest absolute Gasteiger partial charge is 0.497 e. The average molecular weight is 286 g/mol. The van der Waals surface area contributed by atoms with Crippen molar-refractivity contribution < 1.29 is 9.13 Å². The van der Waals surface area contributed by atoms with Crippen LogP contribution in [-0.4, -0.2) is 7.11 Å². The first-order valence-corrected chi connectivity index (χ1v) is 7.40. The smallest absolute Gasteiger partial charge is 0.123 e. The standard InChI is InChI=1S/C17H15FOS/c1-3-14-15-10-13(19-2)8-9-16(15)20-17(14)11-4-6-12(18)7-5-11/h4-10H,3H2,1-2H3. The number of benzene rings is 2. The van der Waals surface area contributed by atoms with Crippen molar-refractivity contribution in [2.75, 3.05) is 7.11 Å². The molecule has 0 bridgehead atoms. The van der Waals surface area contributed by atoms with Gasteiger partial charge >= 0.3 is 0 Å². The van der Waals surface area contributed by atoms with Gasteiger partial charge in [0.05, 0.1) is 7.11 Å². The first-order valence-electron chi connectivity index (χ1n) is 6.58. The van der Waals surface area contributed by atoms with Gasteiger partial charge in [-0.2, -0.15) is 0 Å². The Balaban J connectivity index is 2.22. The van der Waals surface area contributed by atoms with Crippen molar-refractivity contribution in [2.24, 2.45) is 0 Å². The Morgan fingerprint density at radius 3 is 2.50 bits per heavy atom. The van der Waals surface area contributed by atoms with Crippen LogP contribution in [0.3, 0.4) is 0 Å². The fraction of sp³-hybridized carbons (Fsp3) is 0.176. The van der Waals surface area contributed by atoms with Crippen LogP contribution in [0.5, 0.6) is 5.75 Å². The van der Waals surface area contributed by atoms with E-state index in [0.717, 1.165) is 17.7 Å². The number of ether oxygens (including phenoxy) is 1. The molecule has 0 radical (unpaired) electrons. The lowest BCUT2D eigenvalue weighted by Gasteiger charge is -2.03. The number of hydrogen-bond donors (Lipinski definition) is 0. The Labute approximate surface area is 121 Å². The maximum Gasteiger partial charge on any atom is 0.123 e. The Hall–Kier alpha value is -1.87. The minimum Gasteiger partial charge on any atom is -0.497 e. The molecule has 0 fully saturated rings. The topological polar surface area (TPSA) is 9.23 Å². The van der Waals surface area contributed by atoms with Crippen molar-refractivity contribution >= 4 is 21.4 Å². The summed E-state index contributed by atoms with van der Waals surface area (Å²) in [5, 5.41) is 1.23. The zero-order valence-corrected chi connectivity index (χ0v) is 12.3. The van der Waals surface area contributed by atoms with Gasteiger partial charge in [0.1, 0.15) is 11.6 Å². The summed E-state index contributed by atoms with van der Waals surface area (Å²) in [6, 6.07) is 12.9. The minimum absolute atomic E-state index is 0.199. The predicted molar refractivity (Wildman–Crippen MR) is 83.1 cm³/mol. The summed E-state index contributed by atoms with van der Waals surface area (Å²) in [5.74, 6) is 0.672. The first-order chi connectivity index (χ1) is 9.72. The molecule has 1 aromatic heterocycles. The second kappa shape index (κ2) is 5.25. The molecule has 3 aromatic rings. The van der Waals surface area contributed by atoms with Crippen LogP contribution in [0.4, 0.5) is 4.39 Å². The highest BCUT2D eigenvalue weighted by Gasteiger charge is 2.13. The molecule has 20 heavy (non-hydrogen) atoms. The highest BCUT2D eigenvalue weighted by molar-refractivity contribution is 7.22. The summed E-state index contributed by atoms with van der Waals surface area (Å²) in [7, 11) is 1.68. The summed E-state index contributed by atoms with van der Waals surface area (Å²) in [6.45, 7) is 2.15. The molecule has 0 saturated carbocycles. The van der Waals surface area contributed by atoms with Gasteiger partial charge < -0.3 is 4.74 Å². The van der Waals surface area contributed by atoms with E-state index < -0.39 is 0 Å². The molecular formula is C17H15FOS. The van der Waals surface area contributed by atoms with E-state index in [2.05, 4.69) is 19.1 Å². The van der Waals surface area contributed by atoms with Gasteiger partial charge in [-0.1, -0.05) is 19.1 Å². The molecule has 3 rings (SSSR count). The number of rotatable bonds is 3. The zero-order valence-electron chi connectivity index (χ0n) is 11.4. The van der Waals surface area contributed by atoms with Crippen molar-refractivity contribution in [3.05, 3.63) is 53.8 Å². The Morgan fingerprint density at radius 2 is 1.85 bits per heavy atom. The van der Waals surface area contributed by atoms with Gasteiger partial charge in [-0.25, -0.2) is 4.39 Å². The van der Waals surface area contributed by atoms with Gasteiger partial charge in [0, 0.05) is 9.58 Å². The molecule has 0 aliphatic rings. The van der Waals surface area contributed by atoms with Crippen LogP contribution >= 0.6 is 11.3 Å². The third kappa shape index (κ3) is 2.18. The fourth-order valence-corrected chi connectivity index (χ4v) is 3.72. The summed E-state index contributed by atoms with van der Waals surface area (Å²) in [5.41, 5.74) is 2.37. The van der Waals surface area contributed by atoms with E-state index in [4.69, 9.17) is 4.74 Å². The third-order valence-electron chi connectivity index (χ3n) is 3.46. The number of halogens is 1.